The first-order chi connectivity index (χ1) is 15.1. The molecule has 0 radical (unpaired) electrons. The van der Waals surface area contributed by atoms with E-state index in [1.54, 1.807) is 19.2 Å². The van der Waals surface area contributed by atoms with Crippen LogP contribution in [0.25, 0.3) is 0 Å². The molecule has 0 aliphatic carbocycles. The Morgan fingerprint density at radius 1 is 1.41 bits per heavy atom. The van der Waals surface area contributed by atoms with Gasteiger partial charge in [0.2, 0.25) is 5.91 Å². The van der Waals surface area contributed by atoms with E-state index in [-0.39, 0.29) is 47.4 Å². The second-order valence-electron chi connectivity index (χ2n) is 8.47. The molecule has 4 rings (SSSR count). The number of anilines is 1. The van der Waals surface area contributed by atoms with Crippen molar-refractivity contribution in [2.45, 2.75) is 44.2 Å². The Morgan fingerprint density at radius 2 is 2.09 bits per heavy atom. The van der Waals surface area contributed by atoms with Gasteiger partial charge in [0, 0.05) is 40.6 Å². The van der Waals surface area contributed by atoms with E-state index in [1.807, 2.05) is 11.8 Å². The number of carbonyl (C=O) groups is 3. The van der Waals surface area contributed by atoms with Gasteiger partial charge in [0.05, 0.1) is 36.3 Å². The lowest BCUT2D eigenvalue weighted by Crippen LogP contribution is -2.64. The Balaban J connectivity index is 1.40. The SMILES string of the molecule is C[C@@H](CO)NC(=O)c1csc(N2CC(SC3=C(C(=O)[O-])N4C(=O)[C@H]([C@@H](C)O)[C@H]4[C@H]3C)C2)n1. The molecule has 2 saturated heterocycles. The molecule has 1 aromatic heterocycles. The minimum Gasteiger partial charge on any atom is -0.543 e. The molecule has 0 aromatic carbocycles. The van der Waals surface area contributed by atoms with Gasteiger partial charge in [-0.1, -0.05) is 6.92 Å². The van der Waals surface area contributed by atoms with Crippen LogP contribution in [0.1, 0.15) is 31.3 Å². The van der Waals surface area contributed by atoms with E-state index in [2.05, 4.69) is 10.3 Å². The maximum absolute atomic E-state index is 12.4. The fourth-order valence-electron chi connectivity index (χ4n) is 4.37. The number of nitrogens with one attached hydrogen (secondary N) is 1. The summed E-state index contributed by atoms with van der Waals surface area (Å²) in [6.07, 6.45) is -0.839. The Labute approximate surface area is 193 Å². The van der Waals surface area contributed by atoms with Crippen molar-refractivity contribution in [2.24, 2.45) is 11.8 Å². The number of β-lactam (4-membered cyclic amide) rings is 1. The summed E-state index contributed by atoms with van der Waals surface area (Å²) in [4.78, 5) is 44.6. The first-order valence-corrected chi connectivity index (χ1v) is 12.2. The topological polar surface area (TPSA) is 146 Å². The highest BCUT2D eigenvalue weighted by atomic mass is 32.2. The second kappa shape index (κ2) is 8.65. The van der Waals surface area contributed by atoms with Gasteiger partial charge in [0.1, 0.15) is 5.69 Å². The van der Waals surface area contributed by atoms with Crippen LogP contribution < -0.4 is 15.3 Å². The van der Waals surface area contributed by atoms with E-state index in [1.165, 1.54) is 28.0 Å². The maximum atomic E-state index is 12.4. The lowest BCUT2D eigenvalue weighted by molar-refractivity contribution is -0.301. The van der Waals surface area contributed by atoms with Crippen LogP contribution in [-0.2, 0) is 9.59 Å². The zero-order valence-electron chi connectivity index (χ0n) is 17.8. The van der Waals surface area contributed by atoms with Crippen LogP contribution >= 0.6 is 23.1 Å². The molecule has 1 aromatic rings. The molecule has 0 bridgehead atoms. The van der Waals surface area contributed by atoms with E-state index in [0.717, 1.165) is 0 Å². The van der Waals surface area contributed by atoms with Crippen molar-refractivity contribution in [3.63, 3.8) is 0 Å². The quantitative estimate of drug-likeness (QED) is 0.398. The van der Waals surface area contributed by atoms with Gasteiger partial charge in [-0.2, -0.15) is 0 Å². The normalized spacial score (nSPS) is 27.0. The van der Waals surface area contributed by atoms with E-state index in [0.29, 0.717) is 28.8 Å². The summed E-state index contributed by atoms with van der Waals surface area (Å²) in [5.41, 5.74) is 0.221. The number of aliphatic hydroxyl groups is 2. The van der Waals surface area contributed by atoms with Crippen molar-refractivity contribution in [1.82, 2.24) is 15.2 Å². The van der Waals surface area contributed by atoms with Gasteiger partial charge in [-0.05, 0) is 13.8 Å². The summed E-state index contributed by atoms with van der Waals surface area (Å²) in [7, 11) is 0. The van der Waals surface area contributed by atoms with Gasteiger partial charge in [-0.3, -0.25) is 9.59 Å². The summed E-state index contributed by atoms with van der Waals surface area (Å²) < 4.78 is 0. The molecule has 0 saturated carbocycles. The number of aromatic nitrogens is 1. The molecule has 0 spiro atoms. The number of rotatable bonds is 8. The monoisotopic (exact) mass is 481 g/mol. The van der Waals surface area contributed by atoms with Crippen LogP contribution in [0.2, 0.25) is 0 Å². The van der Waals surface area contributed by atoms with Crippen molar-refractivity contribution in [2.75, 3.05) is 24.6 Å². The highest BCUT2D eigenvalue weighted by molar-refractivity contribution is 8.03. The molecule has 3 aliphatic rings. The number of carboxylic acid groups (broad SMARTS) is 1. The van der Waals surface area contributed by atoms with Gasteiger partial charge in [-0.15, -0.1) is 23.1 Å². The zero-order valence-corrected chi connectivity index (χ0v) is 19.5. The van der Waals surface area contributed by atoms with E-state index < -0.39 is 18.0 Å². The summed E-state index contributed by atoms with van der Waals surface area (Å²) in [5, 5.41) is 35.9. The van der Waals surface area contributed by atoms with Gasteiger partial charge >= 0.3 is 0 Å². The number of aliphatic hydroxyl groups excluding tert-OH is 2. The maximum Gasteiger partial charge on any atom is 0.271 e. The summed E-state index contributed by atoms with van der Waals surface area (Å²) >= 11 is 2.78. The third kappa shape index (κ3) is 3.78. The Hall–Kier alpha value is -2.15. The Bertz CT molecular complexity index is 973. The Kier molecular flexibility index (Phi) is 6.23. The predicted molar refractivity (Wildman–Crippen MR) is 117 cm³/mol. The number of hydrogen-bond donors (Lipinski definition) is 3. The van der Waals surface area contributed by atoms with Gasteiger partial charge < -0.3 is 35.2 Å². The summed E-state index contributed by atoms with van der Waals surface area (Å²) in [6, 6.07) is -0.709. The van der Waals surface area contributed by atoms with Gasteiger partial charge in [-0.25, -0.2) is 4.98 Å². The lowest BCUT2D eigenvalue weighted by atomic mass is 9.79. The molecule has 3 N–H and O–H groups in total. The van der Waals surface area contributed by atoms with Crippen LogP contribution in [-0.4, -0.2) is 81.0 Å². The molecule has 174 valence electrons. The average molecular weight is 482 g/mol. The van der Waals surface area contributed by atoms with Gasteiger partial charge in [0.15, 0.2) is 5.13 Å². The largest absolute Gasteiger partial charge is 0.543 e. The molecule has 32 heavy (non-hydrogen) atoms. The van der Waals surface area contributed by atoms with Crippen LogP contribution in [0.4, 0.5) is 5.13 Å². The minimum absolute atomic E-state index is 0.0703. The van der Waals surface area contributed by atoms with Crippen molar-refractivity contribution in [1.29, 1.82) is 0 Å². The number of carboxylic acids is 1. The third-order valence-corrected chi connectivity index (χ3v) is 8.44. The van der Waals surface area contributed by atoms with E-state index >= 15 is 0 Å². The highest BCUT2D eigenvalue weighted by Gasteiger charge is 2.59. The second-order valence-corrected chi connectivity index (χ2v) is 10.7. The number of carbonyl (C=O) groups excluding carboxylic acids is 3. The first kappa shape index (κ1) is 23.0. The summed E-state index contributed by atoms with van der Waals surface area (Å²) in [6.45, 7) is 6.22. The average Bonchev–Trinajstić information content (AvgIpc) is 3.26. The number of hydrogen-bond acceptors (Lipinski definition) is 10. The molecule has 3 aliphatic heterocycles. The number of nitrogens with zero attached hydrogens (tertiary/aromatic N) is 3. The number of thiazole rings is 1. The third-order valence-electron chi connectivity index (χ3n) is 6.09. The number of aliphatic carboxylic acids is 1. The molecule has 5 atom stereocenters. The number of amides is 2. The van der Waals surface area contributed by atoms with Crippen molar-refractivity contribution >= 4 is 46.0 Å². The minimum atomic E-state index is -1.37. The fourth-order valence-corrected chi connectivity index (χ4v) is 6.72. The van der Waals surface area contributed by atoms with Crippen LogP contribution in [0.3, 0.4) is 0 Å². The van der Waals surface area contributed by atoms with Gasteiger partial charge in [0.25, 0.3) is 5.91 Å². The van der Waals surface area contributed by atoms with E-state index in [4.69, 9.17) is 5.11 Å². The van der Waals surface area contributed by atoms with Crippen LogP contribution in [0.15, 0.2) is 16.0 Å². The van der Waals surface area contributed by atoms with E-state index in [9.17, 15) is 24.6 Å². The lowest BCUT2D eigenvalue weighted by Gasteiger charge is -2.47. The molecule has 2 amide bonds. The predicted octanol–water partition coefficient (Wildman–Crippen LogP) is -1.01. The zero-order chi connectivity index (χ0) is 23.3. The number of fused-ring (bicyclic) bond motifs is 1. The molecular formula is C20H25N4O6S2-. The number of thioether (sulfide) groups is 1. The Morgan fingerprint density at radius 3 is 2.69 bits per heavy atom. The van der Waals surface area contributed by atoms with Crippen molar-refractivity contribution in [3.8, 4) is 0 Å². The molecule has 12 heteroatoms. The molecule has 0 unspecified atom stereocenters. The fraction of sp³-hybridized carbons (Fsp3) is 0.600. The first-order valence-electron chi connectivity index (χ1n) is 10.4. The van der Waals surface area contributed by atoms with Crippen molar-refractivity contribution < 1.29 is 29.7 Å². The van der Waals surface area contributed by atoms with Crippen molar-refractivity contribution in [3.05, 3.63) is 21.7 Å². The highest BCUT2D eigenvalue weighted by Crippen LogP contribution is 2.52. The summed E-state index contributed by atoms with van der Waals surface area (Å²) in [5.74, 6) is -2.87. The standard InChI is InChI=1S/C20H26N4O6S2/c1-8(6-25)21-17(27)12-7-31-20(22-12)23-4-11(5-23)32-16-9(2)14-13(10(3)26)18(28)24(14)15(16)19(29)30/h7-11,13-14,25-26H,4-6H2,1-3H3,(H,21,27)(H,29,30)/p-1/t8-,9+,10+,13+,14+/m0/s1. The van der Waals surface area contributed by atoms with Crippen LogP contribution in [0, 0.1) is 11.8 Å². The molecule has 10 nitrogen and oxygen atoms in total. The molecule has 2 fully saturated rings. The van der Waals surface area contributed by atoms with Crippen LogP contribution in [0.5, 0.6) is 0 Å². The molecular weight excluding hydrogens is 456 g/mol. The molecule has 4 heterocycles. The smallest absolute Gasteiger partial charge is 0.271 e.